The molecule has 1 amide bonds. The summed E-state index contributed by atoms with van der Waals surface area (Å²) in [6, 6.07) is 9.75. The predicted octanol–water partition coefficient (Wildman–Crippen LogP) is 3.81. The number of phenols is 2. The van der Waals surface area contributed by atoms with E-state index in [1.54, 1.807) is 36.3 Å². The largest absolute Gasteiger partial charge is 0.508 e. The molecule has 8 rings (SSSR count). The quantitative estimate of drug-likeness (QED) is 0.0966. The van der Waals surface area contributed by atoms with Gasteiger partial charge >= 0.3 is 12.0 Å². The summed E-state index contributed by atoms with van der Waals surface area (Å²) in [5.74, 6) is 2.65. The lowest BCUT2D eigenvalue weighted by molar-refractivity contribution is -0.126. The van der Waals surface area contributed by atoms with E-state index in [2.05, 4.69) is 48.6 Å². The molecule has 2 aromatic heterocycles. The second-order valence-corrected chi connectivity index (χ2v) is 19.5. The number of hydrogen-bond acceptors (Lipinski definition) is 18. The van der Waals surface area contributed by atoms with E-state index in [1.165, 1.54) is 6.08 Å². The molecular formula is C52H72N12O7. The Kier molecular flexibility index (Phi) is 16.0. The summed E-state index contributed by atoms with van der Waals surface area (Å²) in [7, 11) is 7.65. The van der Waals surface area contributed by atoms with E-state index in [9.17, 15) is 20.1 Å². The van der Waals surface area contributed by atoms with Gasteiger partial charge < -0.3 is 58.9 Å². The fourth-order valence-electron chi connectivity index (χ4n) is 10.3. The van der Waals surface area contributed by atoms with Gasteiger partial charge in [-0.25, -0.2) is 0 Å². The lowest BCUT2D eigenvalue weighted by atomic mass is 10.0. The first-order valence-corrected chi connectivity index (χ1v) is 24.7. The molecule has 3 N–H and O–H groups in total. The molecule has 0 spiro atoms. The number of piperazine rings is 2. The van der Waals surface area contributed by atoms with Crippen molar-refractivity contribution in [2.24, 2.45) is 0 Å². The second-order valence-electron chi connectivity index (χ2n) is 19.5. The lowest BCUT2D eigenvalue weighted by Gasteiger charge is -2.39. The average molecular weight is 977 g/mol. The van der Waals surface area contributed by atoms with Crippen LogP contribution in [0.15, 0.2) is 55.6 Å². The standard InChI is InChI=1S/C52H72N12O7/c1-10-45(66)59-20-24-61(25-21-59)49-39-16-18-63(43-28-38(65)14-15-44(43)69-9)32-41(39)53-52(56-49)71-36(5)30-58(8)31-37-13-12-34(3)47(48(37)68)64-19-17-40-42(33-64)54-51(70-35(4)29-57(6)7)55-50(40)62-26-22-60(23-27-62)46(67)11-2/h10-15,28,35-36,46,65,67-68H,1-2,16-27,29-33H2,3-9H3/t35-,36-,46?/m1/s1. The van der Waals surface area contributed by atoms with Gasteiger partial charge in [0.2, 0.25) is 5.91 Å². The molecule has 2 aromatic carbocycles. The lowest BCUT2D eigenvalue weighted by Crippen LogP contribution is -2.50. The Morgan fingerprint density at radius 1 is 0.761 bits per heavy atom. The van der Waals surface area contributed by atoms with Crippen molar-refractivity contribution >= 4 is 28.9 Å². The number of benzene rings is 2. The highest BCUT2D eigenvalue weighted by molar-refractivity contribution is 5.87. The second kappa shape index (κ2) is 22.3. The fourth-order valence-corrected chi connectivity index (χ4v) is 10.3. The van der Waals surface area contributed by atoms with Gasteiger partial charge in [0.1, 0.15) is 47.3 Å². The van der Waals surface area contributed by atoms with Gasteiger partial charge in [-0.3, -0.25) is 14.6 Å². The number of hydrogen-bond donors (Lipinski definition) is 3. The molecule has 2 fully saturated rings. The van der Waals surface area contributed by atoms with Crippen LogP contribution in [0.1, 0.15) is 47.5 Å². The molecule has 0 aliphatic carbocycles. The predicted molar refractivity (Wildman–Crippen MR) is 275 cm³/mol. The van der Waals surface area contributed by atoms with Gasteiger partial charge in [0.15, 0.2) is 0 Å². The Balaban J connectivity index is 0.984. The number of aromatic hydroxyl groups is 2. The molecular weight excluding hydrogens is 905 g/mol. The monoisotopic (exact) mass is 977 g/mol. The number of carbonyl (C=O) groups excluding carboxylic acids is 1. The molecule has 6 heterocycles. The minimum Gasteiger partial charge on any atom is -0.508 e. The van der Waals surface area contributed by atoms with Crippen molar-refractivity contribution in [3.8, 4) is 29.3 Å². The third-order valence-electron chi connectivity index (χ3n) is 13.8. The Labute approximate surface area is 418 Å². The number of aryl methyl sites for hydroxylation is 1. The van der Waals surface area contributed by atoms with Gasteiger partial charge in [0, 0.05) is 108 Å². The van der Waals surface area contributed by atoms with Crippen LogP contribution in [0, 0.1) is 6.92 Å². The number of aliphatic hydroxyl groups excluding tert-OH is 1. The van der Waals surface area contributed by atoms with Crippen LogP contribution < -0.4 is 33.8 Å². The third kappa shape index (κ3) is 11.7. The minimum absolute atomic E-state index is 0.0809. The van der Waals surface area contributed by atoms with Crippen LogP contribution in [-0.4, -0.2) is 186 Å². The molecule has 2 saturated heterocycles. The normalized spacial score (nSPS) is 17.7. The number of anilines is 4. The van der Waals surface area contributed by atoms with Crippen LogP contribution in [-0.2, 0) is 37.3 Å². The summed E-state index contributed by atoms with van der Waals surface area (Å²) in [5.41, 5.74) is 7.14. The Morgan fingerprint density at radius 2 is 1.34 bits per heavy atom. The topological polar surface area (TPSA) is 183 Å². The highest BCUT2D eigenvalue weighted by atomic mass is 16.5. The number of methoxy groups -OCH3 is 1. The van der Waals surface area contributed by atoms with E-state index in [1.807, 2.05) is 52.9 Å². The summed E-state index contributed by atoms with van der Waals surface area (Å²) >= 11 is 0. The van der Waals surface area contributed by atoms with Crippen molar-refractivity contribution in [3.05, 3.63) is 89.3 Å². The summed E-state index contributed by atoms with van der Waals surface area (Å²) in [5, 5.41) is 32.9. The van der Waals surface area contributed by atoms with Gasteiger partial charge in [-0.15, -0.1) is 0 Å². The number of amides is 1. The average Bonchev–Trinajstić information content (AvgIpc) is 3.35. The van der Waals surface area contributed by atoms with Crippen LogP contribution >= 0.6 is 0 Å². The van der Waals surface area contributed by atoms with Gasteiger partial charge in [0.25, 0.3) is 0 Å². The molecule has 3 atom stereocenters. The van der Waals surface area contributed by atoms with Gasteiger partial charge in [0.05, 0.1) is 43.0 Å². The van der Waals surface area contributed by atoms with E-state index in [0.717, 1.165) is 56.7 Å². The zero-order valence-electron chi connectivity index (χ0n) is 42.5. The van der Waals surface area contributed by atoms with E-state index >= 15 is 0 Å². The molecule has 4 aliphatic rings. The number of aliphatic hydroxyl groups is 1. The fraction of sp³-hybridized carbons (Fsp3) is 0.519. The molecule has 4 aliphatic heterocycles. The van der Waals surface area contributed by atoms with Gasteiger partial charge in [-0.2, -0.15) is 19.9 Å². The van der Waals surface area contributed by atoms with Crippen molar-refractivity contribution in [1.82, 2.24) is 39.5 Å². The number of aromatic nitrogens is 4. The first-order valence-electron chi connectivity index (χ1n) is 24.7. The number of carbonyl (C=O) groups is 1. The highest BCUT2D eigenvalue weighted by Crippen LogP contribution is 2.40. The maximum Gasteiger partial charge on any atom is 0.318 e. The minimum atomic E-state index is -0.685. The van der Waals surface area contributed by atoms with Gasteiger partial charge in [-0.05, 0) is 84.6 Å². The van der Waals surface area contributed by atoms with Crippen molar-refractivity contribution in [2.45, 2.75) is 71.7 Å². The number of rotatable bonds is 18. The summed E-state index contributed by atoms with van der Waals surface area (Å²) < 4.78 is 18.6. The number of nitrogens with zero attached hydrogens (tertiary/aromatic N) is 12. The molecule has 71 heavy (non-hydrogen) atoms. The molecule has 19 heteroatoms. The first-order chi connectivity index (χ1) is 34.1. The number of fused-ring (bicyclic) bond motifs is 2. The Hall–Kier alpha value is -6.41. The molecule has 382 valence electrons. The summed E-state index contributed by atoms with van der Waals surface area (Å²) in [4.78, 5) is 49.4. The molecule has 4 aromatic rings. The first kappa shape index (κ1) is 51.0. The van der Waals surface area contributed by atoms with E-state index < -0.39 is 6.23 Å². The van der Waals surface area contributed by atoms with E-state index in [0.29, 0.717) is 123 Å². The SMILES string of the molecule is C=CC(=O)N1CCN(c2nc(O[C@H](C)CN(C)Cc3ccc(C)c(N4CCc5c(nc(O[C@H](C)CN(C)C)nc5N5CCN(C(O)C=C)CC5)C4)c3O)nc3c2CCN(c2cc(O)ccc2OC)C3)CC1. The number of phenolic OH excluding ortho intramolecular Hbond substituents is 2. The molecule has 0 saturated carbocycles. The Bertz CT molecular complexity index is 2550. The number of ether oxygens (including phenoxy) is 3. The Morgan fingerprint density at radius 3 is 1.92 bits per heavy atom. The maximum absolute atomic E-state index is 12.4. The van der Waals surface area contributed by atoms with Crippen molar-refractivity contribution in [3.63, 3.8) is 0 Å². The molecule has 0 radical (unpaired) electrons. The molecule has 1 unspecified atom stereocenters. The van der Waals surface area contributed by atoms with Crippen LogP contribution in [0.3, 0.4) is 0 Å². The zero-order chi connectivity index (χ0) is 50.5. The van der Waals surface area contributed by atoms with Crippen LogP contribution in [0.25, 0.3) is 0 Å². The van der Waals surface area contributed by atoms with E-state index in [4.69, 9.17) is 34.1 Å². The smallest absolute Gasteiger partial charge is 0.318 e. The van der Waals surface area contributed by atoms with Crippen molar-refractivity contribution < 1.29 is 34.3 Å². The number of likely N-dealkylation sites (N-methyl/N-ethyl adjacent to an activating group) is 2. The van der Waals surface area contributed by atoms with Gasteiger partial charge in [-0.1, -0.05) is 25.3 Å². The third-order valence-corrected chi connectivity index (χ3v) is 13.8. The van der Waals surface area contributed by atoms with Crippen LogP contribution in [0.5, 0.6) is 29.3 Å². The van der Waals surface area contributed by atoms with Crippen LogP contribution in [0.2, 0.25) is 0 Å². The van der Waals surface area contributed by atoms with Crippen molar-refractivity contribution in [1.29, 1.82) is 0 Å². The van der Waals surface area contributed by atoms with Crippen LogP contribution in [0.4, 0.5) is 23.0 Å². The highest BCUT2D eigenvalue weighted by Gasteiger charge is 2.33. The maximum atomic E-state index is 12.4. The summed E-state index contributed by atoms with van der Waals surface area (Å²) in [6.07, 6.45) is 3.12. The molecule has 19 nitrogen and oxygen atoms in total. The zero-order valence-corrected chi connectivity index (χ0v) is 42.5. The summed E-state index contributed by atoms with van der Waals surface area (Å²) in [6.45, 7) is 22.5. The van der Waals surface area contributed by atoms with E-state index in [-0.39, 0.29) is 35.6 Å². The van der Waals surface area contributed by atoms with Crippen molar-refractivity contribution in [2.75, 3.05) is 126 Å². The molecule has 0 bridgehead atoms.